The lowest BCUT2D eigenvalue weighted by molar-refractivity contribution is -0.350. The first-order valence-corrected chi connectivity index (χ1v) is 12.7. The van der Waals surface area contributed by atoms with E-state index in [1.807, 2.05) is 13.8 Å². The van der Waals surface area contributed by atoms with E-state index in [2.05, 4.69) is 0 Å². The van der Waals surface area contributed by atoms with Crippen LogP contribution in [0.4, 0.5) is 0 Å². The van der Waals surface area contributed by atoms with Crippen LogP contribution in [0, 0.1) is 22.7 Å². The highest BCUT2D eigenvalue weighted by atomic mass is 16.7. The van der Waals surface area contributed by atoms with E-state index in [1.165, 1.54) is 6.26 Å². The lowest BCUT2D eigenvalue weighted by atomic mass is 9.42. The number of fused-ring (bicyclic) bond motifs is 2. The van der Waals surface area contributed by atoms with Crippen LogP contribution in [-0.4, -0.2) is 81.4 Å². The Kier molecular flexibility index (Phi) is 5.65. The zero-order valence-corrected chi connectivity index (χ0v) is 20.6. The Morgan fingerprint density at radius 3 is 2.57 bits per heavy atom. The van der Waals surface area contributed by atoms with Gasteiger partial charge < -0.3 is 43.8 Å². The molecule has 5 heterocycles. The maximum atomic E-state index is 13.5. The Balaban J connectivity index is 1.38. The Hall–Kier alpha value is -2.28. The topological polar surface area (TPSA) is 165 Å². The van der Waals surface area contributed by atoms with Crippen LogP contribution in [-0.2, 0) is 28.5 Å². The molecule has 0 aromatic carbocycles. The van der Waals surface area contributed by atoms with Crippen molar-refractivity contribution < 1.29 is 53.4 Å². The number of furan rings is 1. The molecule has 202 valence electrons. The fraction of sp³-hybridized carbons (Fsp3) is 0.692. The number of aliphatic hydroxyl groups is 4. The number of aliphatic hydroxyl groups excluding tert-OH is 4. The van der Waals surface area contributed by atoms with Crippen molar-refractivity contribution in [2.45, 2.75) is 81.6 Å². The summed E-state index contributed by atoms with van der Waals surface area (Å²) < 4.78 is 28.7. The lowest BCUT2D eigenvalue weighted by Gasteiger charge is -2.67. The van der Waals surface area contributed by atoms with Crippen LogP contribution in [0.1, 0.15) is 44.8 Å². The van der Waals surface area contributed by atoms with Gasteiger partial charge in [-0.15, -0.1) is 0 Å². The molecule has 37 heavy (non-hydrogen) atoms. The SMILES string of the molecule is C[C@@]12C[C@@H](c3ccoc3)OC(=O)[C@H]1CC[C@]1(C)[C@H]2[C@H]2C=C[C@]1(O[C@@H]1O[C@H](CO)[C@@H](O)[C@H](O)[C@H]1O)C(=O)O2. The molecule has 1 aromatic heterocycles. The molecule has 12 atom stereocenters. The normalized spacial score (nSPS) is 50.7. The Bertz CT molecular complexity index is 1100. The molecule has 2 bridgehead atoms. The molecule has 0 unspecified atom stereocenters. The van der Waals surface area contributed by atoms with E-state index in [0.717, 1.165) is 5.56 Å². The minimum absolute atomic E-state index is 0.303. The molecule has 3 saturated heterocycles. The summed E-state index contributed by atoms with van der Waals surface area (Å²) in [4.78, 5) is 26.7. The van der Waals surface area contributed by atoms with E-state index in [4.69, 9.17) is 23.4 Å². The lowest BCUT2D eigenvalue weighted by Crippen LogP contribution is -2.74. The van der Waals surface area contributed by atoms with Gasteiger partial charge in [-0.1, -0.05) is 13.8 Å². The summed E-state index contributed by atoms with van der Waals surface area (Å²) in [7, 11) is 0. The van der Waals surface area contributed by atoms with Crippen molar-refractivity contribution in [1.29, 1.82) is 0 Å². The molecular formula is C26H32O11. The maximum Gasteiger partial charge on any atom is 0.343 e. The summed E-state index contributed by atoms with van der Waals surface area (Å²) in [5.74, 6) is -1.71. The van der Waals surface area contributed by atoms with E-state index in [9.17, 15) is 30.0 Å². The molecule has 7 rings (SSSR count). The quantitative estimate of drug-likeness (QED) is 0.320. The predicted octanol–water partition coefficient (Wildman–Crippen LogP) is 0.357. The first-order valence-electron chi connectivity index (χ1n) is 12.7. The molecule has 11 heteroatoms. The van der Waals surface area contributed by atoms with E-state index >= 15 is 0 Å². The molecule has 4 N–H and O–H groups in total. The number of carbonyl (C=O) groups excluding carboxylic acids is 2. The predicted molar refractivity (Wildman–Crippen MR) is 121 cm³/mol. The molecule has 6 aliphatic rings. The first-order chi connectivity index (χ1) is 17.6. The minimum Gasteiger partial charge on any atom is -0.472 e. The van der Waals surface area contributed by atoms with E-state index < -0.39 is 77.8 Å². The van der Waals surface area contributed by atoms with Crippen molar-refractivity contribution in [3.63, 3.8) is 0 Å². The first kappa shape index (κ1) is 25.0. The van der Waals surface area contributed by atoms with Gasteiger partial charge in [0.2, 0.25) is 0 Å². The molecule has 2 aliphatic carbocycles. The van der Waals surface area contributed by atoms with Gasteiger partial charge in [0.15, 0.2) is 11.9 Å². The van der Waals surface area contributed by atoms with Crippen molar-refractivity contribution in [3.8, 4) is 0 Å². The highest BCUT2D eigenvalue weighted by Gasteiger charge is 2.74. The largest absolute Gasteiger partial charge is 0.472 e. The third kappa shape index (κ3) is 3.28. The summed E-state index contributed by atoms with van der Waals surface area (Å²) in [6, 6.07) is 1.76. The maximum absolute atomic E-state index is 13.5. The fourth-order valence-electron chi connectivity index (χ4n) is 7.71. The second-order valence-corrected chi connectivity index (χ2v) is 11.5. The zero-order chi connectivity index (χ0) is 26.3. The number of hydrogen-bond acceptors (Lipinski definition) is 11. The number of rotatable bonds is 4. The highest BCUT2D eigenvalue weighted by Crippen LogP contribution is 2.68. The van der Waals surface area contributed by atoms with Crippen molar-refractivity contribution in [2.24, 2.45) is 22.7 Å². The molecule has 11 nitrogen and oxygen atoms in total. The van der Waals surface area contributed by atoms with Crippen molar-refractivity contribution in [1.82, 2.24) is 0 Å². The highest BCUT2D eigenvalue weighted by molar-refractivity contribution is 5.87. The average Bonchev–Trinajstić information content (AvgIpc) is 3.40. The van der Waals surface area contributed by atoms with Crippen LogP contribution < -0.4 is 0 Å². The Morgan fingerprint density at radius 2 is 1.89 bits per heavy atom. The minimum atomic E-state index is -1.69. The standard InChI is InChI=1S/C26H32O11/c1-24-9-15(12-5-8-33-11-12)34-21(31)13(24)3-6-25(2)20(24)14-4-7-26(25,23(32)36-14)37-22-19(30)18(29)17(28)16(10-27)35-22/h4-5,7-8,11,13-20,22,27-30H,3,6,9-10H2,1-2H3/t13-,14-,15+,16-,17-,18+,19-,20+,22+,24-,25-,26+/m1/s1. The third-order valence-corrected chi connectivity index (χ3v) is 9.62. The van der Waals surface area contributed by atoms with Crippen molar-refractivity contribution >= 4 is 11.9 Å². The summed E-state index contributed by atoms with van der Waals surface area (Å²) in [6.45, 7) is 3.32. The van der Waals surface area contributed by atoms with Gasteiger partial charge in [0.25, 0.3) is 0 Å². The van der Waals surface area contributed by atoms with Gasteiger partial charge in [-0.25, -0.2) is 4.79 Å². The summed E-state index contributed by atoms with van der Waals surface area (Å²) in [5, 5.41) is 40.8. The van der Waals surface area contributed by atoms with Crippen LogP contribution in [0.5, 0.6) is 0 Å². The van der Waals surface area contributed by atoms with Gasteiger partial charge in [-0.3, -0.25) is 4.79 Å². The Morgan fingerprint density at radius 1 is 1.11 bits per heavy atom. The molecule has 4 fully saturated rings. The van der Waals surface area contributed by atoms with Crippen LogP contribution in [0.25, 0.3) is 0 Å². The number of cyclic esters (lactones) is 1. The van der Waals surface area contributed by atoms with Gasteiger partial charge in [0.05, 0.1) is 25.1 Å². The van der Waals surface area contributed by atoms with Gasteiger partial charge in [-0.05, 0) is 42.9 Å². The summed E-state index contributed by atoms with van der Waals surface area (Å²) in [6.07, 6.45) is -0.916. The molecule has 1 saturated carbocycles. The molecular weight excluding hydrogens is 488 g/mol. The second-order valence-electron chi connectivity index (χ2n) is 11.5. The third-order valence-electron chi connectivity index (χ3n) is 9.62. The number of hydrogen-bond donors (Lipinski definition) is 4. The number of carbonyl (C=O) groups is 2. The van der Waals surface area contributed by atoms with E-state index in [1.54, 1.807) is 24.5 Å². The van der Waals surface area contributed by atoms with Gasteiger partial charge in [-0.2, -0.15) is 0 Å². The molecule has 0 spiro atoms. The van der Waals surface area contributed by atoms with Crippen LogP contribution in [0.3, 0.4) is 0 Å². The second kappa shape index (κ2) is 8.36. The molecule has 0 radical (unpaired) electrons. The molecule has 0 amide bonds. The summed E-state index contributed by atoms with van der Waals surface area (Å²) in [5.41, 5.74) is -2.45. The van der Waals surface area contributed by atoms with Crippen molar-refractivity contribution in [3.05, 3.63) is 36.3 Å². The smallest absolute Gasteiger partial charge is 0.343 e. The zero-order valence-electron chi connectivity index (χ0n) is 20.6. The Labute approximate surface area is 212 Å². The summed E-state index contributed by atoms with van der Waals surface area (Å²) >= 11 is 0. The van der Waals surface area contributed by atoms with Gasteiger partial charge >= 0.3 is 11.9 Å². The average molecular weight is 521 g/mol. The van der Waals surface area contributed by atoms with Crippen molar-refractivity contribution in [2.75, 3.05) is 6.61 Å². The van der Waals surface area contributed by atoms with E-state index in [-0.39, 0.29) is 11.9 Å². The molecule has 4 aliphatic heterocycles. The monoisotopic (exact) mass is 520 g/mol. The van der Waals surface area contributed by atoms with Gasteiger partial charge in [0, 0.05) is 16.9 Å². The van der Waals surface area contributed by atoms with Crippen LogP contribution in [0.15, 0.2) is 35.2 Å². The van der Waals surface area contributed by atoms with Crippen LogP contribution >= 0.6 is 0 Å². The number of esters is 2. The van der Waals surface area contributed by atoms with E-state index in [0.29, 0.717) is 19.3 Å². The molecule has 1 aromatic rings. The van der Waals surface area contributed by atoms with Gasteiger partial charge in [0.1, 0.15) is 36.6 Å². The van der Waals surface area contributed by atoms with Crippen LogP contribution in [0.2, 0.25) is 0 Å². The number of ether oxygens (including phenoxy) is 4. The fourth-order valence-corrected chi connectivity index (χ4v) is 7.71.